The van der Waals surface area contributed by atoms with Gasteiger partial charge in [-0.15, -0.1) is 0 Å². The molecule has 4 heteroatoms. The summed E-state index contributed by atoms with van der Waals surface area (Å²) in [5.74, 6) is -0.396. The standard InChI is InChI=1S/C22H17FN2O/c23-17-7-3-5-16(13-17)20(14-18-8-1-2-11-24-18)19-10-9-15-6-4-12-25-21(15)22(19)26/h1-13,20,26H,14H2. The normalized spacial score (nSPS) is 12.2. The average molecular weight is 344 g/mol. The lowest BCUT2D eigenvalue weighted by Crippen LogP contribution is -2.07. The fourth-order valence-electron chi connectivity index (χ4n) is 3.29. The minimum Gasteiger partial charge on any atom is -0.505 e. The average Bonchev–Trinajstić information content (AvgIpc) is 2.68. The van der Waals surface area contributed by atoms with Crippen LogP contribution in [0.4, 0.5) is 4.39 Å². The van der Waals surface area contributed by atoms with Crippen molar-refractivity contribution in [3.63, 3.8) is 0 Å². The van der Waals surface area contributed by atoms with Crippen molar-refractivity contribution < 1.29 is 9.50 Å². The summed E-state index contributed by atoms with van der Waals surface area (Å²) in [6.45, 7) is 0. The van der Waals surface area contributed by atoms with E-state index >= 15 is 0 Å². The number of phenolic OH excluding ortho intramolecular Hbond substituents is 1. The molecule has 1 unspecified atom stereocenters. The molecule has 0 aliphatic heterocycles. The van der Waals surface area contributed by atoms with Gasteiger partial charge in [-0.1, -0.05) is 36.4 Å². The smallest absolute Gasteiger partial charge is 0.145 e. The molecule has 2 aromatic carbocycles. The van der Waals surface area contributed by atoms with E-state index in [1.807, 2.05) is 48.5 Å². The maximum atomic E-state index is 13.8. The molecule has 1 atom stereocenters. The van der Waals surface area contributed by atoms with Gasteiger partial charge in [-0.25, -0.2) is 4.39 Å². The Hall–Kier alpha value is -3.27. The highest BCUT2D eigenvalue weighted by atomic mass is 19.1. The van der Waals surface area contributed by atoms with E-state index in [1.165, 1.54) is 12.1 Å². The van der Waals surface area contributed by atoms with Crippen molar-refractivity contribution in [3.05, 3.63) is 102 Å². The SMILES string of the molecule is Oc1c(C(Cc2ccccn2)c2cccc(F)c2)ccc2cccnc12. The largest absolute Gasteiger partial charge is 0.505 e. The molecule has 4 rings (SSSR count). The Morgan fingerprint density at radius 2 is 1.77 bits per heavy atom. The van der Waals surface area contributed by atoms with E-state index in [0.717, 1.165) is 16.6 Å². The van der Waals surface area contributed by atoms with E-state index in [9.17, 15) is 9.50 Å². The molecule has 0 bridgehead atoms. The summed E-state index contributed by atoms with van der Waals surface area (Å²) in [7, 11) is 0. The Bertz CT molecular complexity index is 1050. The minimum atomic E-state index is -0.299. The summed E-state index contributed by atoms with van der Waals surface area (Å²) in [6.07, 6.45) is 3.94. The Balaban J connectivity index is 1.86. The first-order valence-corrected chi connectivity index (χ1v) is 8.44. The number of hydrogen-bond donors (Lipinski definition) is 1. The highest BCUT2D eigenvalue weighted by Gasteiger charge is 2.21. The van der Waals surface area contributed by atoms with Gasteiger partial charge in [0.2, 0.25) is 0 Å². The summed E-state index contributed by atoms with van der Waals surface area (Å²) >= 11 is 0. The van der Waals surface area contributed by atoms with Gasteiger partial charge >= 0.3 is 0 Å². The zero-order valence-corrected chi connectivity index (χ0v) is 14.0. The summed E-state index contributed by atoms with van der Waals surface area (Å²) in [5.41, 5.74) is 2.93. The van der Waals surface area contributed by atoms with Crippen molar-refractivity contribution in [3.8, 4) is 5.75 Å². The molecule has 2 aromatic heterocycles. The number of fused-ring (bicyclic) bond motifs is 1. The topological polar surface area (TPSA) is 46.0 Å². The number of pyridine rings is 2. The molecule has 0 fully saturated rings. The molecule has 0 saturated carbocycles. The number of nitrogens with zero attached hydrogens (tertiary/aromatic N) is 2. The van der Waals surface area contributed by atoms with Crippen LogP contribution in [-0.2, 0) is 6.42 Å². The van der Waals surface area contributed by atoms with E-state index in [1.54, 1.807) is 18.5 Å². The second-order valence-corrected chi connectivity index (χ2v) is 6.21. The number of aromatic hydroxyl groups is 1. The van der Waals surface area contributed by atoms with Crippen molar-refractivity contribution in [2.24, 2.45) is 0 Å². The summed E-state index contributed by atoms with van der Waals surface area (Å²) in [6, 6.07) is 19.8. The molecule has 26 heavy (non-hydrogen) atoms. The highest BCUT2D eigenvalue weighted by Crippen LogP contribution is 2.37. The fraction of sp³-hybridized carbons (Fsp3) is 0.0909. The van der Waals surface area contributed by atoms with Crippen LogP contribution in [0.1, 0.15) is 22.7 Å². The molecule has 0 radical (unpaired) electrons. The molecule has 0 amide bonds. The molecule has 0 aliphatic rings. The molecule has 0 saturated heterocycles. The van der Waals surface area contributed by atoms with Crippen LogP contribution >= 0.6 is 0 Å². The Labute approximate surface area is 150 Å². The van der Waals surface area contributed by atoms with E-state index in [0.29, 0.717) is 17.5 Å². The molecule has 1 N–H and O–H groups in total. The zero-order chi connectivity index (χ0) is 17.9. The van der Waals surface area contributed by atoms with Crippen LogP contribution in [-0.4, -0.2) is 15.1 Å². The maximum absolute atomic E-state index is 13.8. The van der Waals surface area contributed by atoms with Gasteiger partial charge in [0.05, 0.1) is 0 Å². The van der Waals surface area contributed by atoms with Crippen LogP contribution in [0, 0.1) is 5.82 Å². The lowest BCUT2D eigenvalue weighted by Gasteiger charge is -2.20. The van der Waals surface area contributed by atoms with Crippen molar-refractivity contribution >= 4 is 10.9 Å². The van der Waals surface area contributed by atoms with Gasteiger partial charge in [-0.2, -0.15) is 0 Å². The third kappa shape index (κ3) is 3.14. The van der Waals surface area contributed by atoms with Gasteiger partial charge in [-0.05, 0) is 35.9 Å². The third-order valence-corrected chi connectivity index (χ3v) is 4.54. The maximum Gasteiger partial charge on any atom is 0.145 e. The summed E-state index contributed by atoms with van der Waals surface area (Å²) in [5, 5.41) is 11.7. The molecule has 0 spiro atoms. The predicted octanol–water partition coefficient (Wildman–Crippen LogP) is 4.85. The van der Waals surface area contributed by atoms with Gasteiger partial charge < -0.3 is 5.11 Å². The second kappa shape index (κ2) is 6.92. The van der Waals surface area contributed by atoms with Crippen LogP contribution in [0.25, 0.3) is 10.9 Å². The van der Waals surface area contributed by atoms with Crippen LogP contribution in [0.3, 0.4) is 0 Å². The number of benzene rings is 2. The van der Waals surface area contributed by atoms with Crippen molar-refractivity contribution in [1.29, 1.82) is 0 Å². The molecule has 0 aliphatic carbocycles. The van der Waals surface area contributed by atoms with Crippen molar-refractivity contribution in [2.45, 2.75) is 12.3 Å². The Kier molecular flexibility index (Phi) is 4.32. The van der Waals surface area contributed by atoms with Gasteiger partial charge in [-0.3, -0.25) is 9.97 Å². The Morgan fingerprint density at radius 3 is 2.58 bits per heavy atom. The first kappa shape index (κ1) is 16.2. The first-order valence-electron chi connectivity index (χ1n) is 8.44. The van der Waals surface area contributed by atoms with Gasteiger partial charge in [0.1, 0.15) is 17.1 Å². The van der Waals surface area contributed by atoms with E-state index in [4.69, 9.17) is 0 Å². The highest BCUT2D eigenvalue weighted by molar-refractivity contribution is 5.85. The number of aromatic nitrogens is 2. The molecule has 2 heterocycles. The van der Waals surface area contributed by atoms with Gasteiger partial charge in [0, 0.05) is 41.4 Å². The van der Waals surface area contributed by atoms with Crippen LogP contribution < -0.4 is 0 Å². The number of hydrogen-bond acceptors (Lipinski definition) is 3. The molecule has 4 aromatic rings. The van der Waals surface area contributed by atoms with Crippen molar-refractivity contribution in [1.82, 2.24) is 9.97 Å². The van der Waals surface area contributed by atoms with Crippen LogP contribution in [0.15, 0.2) is 79.1 Å². The lowest BCUT2D eigenvalue weighted by molar-refractivity contribution is 0.469. The number of rotatable bonds is 4. The molecule has 128 valence electrons. The van der Waals surface area contributed by atoms with Gasteiger partial charge in [0.15, 0.2) is 0 Å². The number of halogens is 1. The monoisotopic (exact) mass is 344 g/mol. The van der Waals surface area contributed by atoms with Crippen LogP contribution in [0.5, 0.6) is 5.75 Å². The predicted molar refractivity (Wildman–Crippen MR) is 99.6 cm³/mol. The molecular formula is C22H17FN2O. The molecule has 3 nitrogen and oxygen atoms in total. The zero-order valence-electron chi connectivity index (χ0n) is 14.0. The van der Waals surface area contributed by atoms with Crippen molar-refractivity contribution in [2.75, 3.05) is 0 Å². The summed E-state index contributed by atoms with van der Waals surface area (Å²) in [4.78, 5) is 8.70. The summed E-state index contributed by atoms with van der Waals surface area (Å²) < 4.78 is 13.8. The van der Waals surface area contributed by atoms with Crippen LogP contribution in [0.2, 0.25) is 0 Å². The lowest BCUT2D eigenvalue weighted by atomic mass is 9.86. The first-order chi connectivity index (χ1) is 12.7. The van der Waals surface area contributed by atoms with E-state index in [-0.39, 0.29) is 17.5 Å². The second-order valence-electron chi connectivity index (χ2n) is 6.21. The Morgan fingerprint density at radius 1 is 0.885 bits per heavy atom. The van der Waals surface area contributed by atoms with E-state index in [2.05, 4.69) is 9.97 Å². The van der Waals surface area contributed by atoms with E-state index < -0.39 is 0 Å². The molecular weight excluding hydrogens is 327 g/mol. The van der Waals surface area contributed by atoms with Gasteiger partial charge in [0.25, 0.3) is 0 Å². The third-order valence-electron chi connectivity index (χ3n) is 4.54. The fourth-order valence-corrected chi connectivity index (χ4v) is 3.29. The minimum absolute atomic E-state index is 0.133. The quantitative estimate of drug-likeness (QED) is 0.576. The number of phenols is 1.